The summed E-state index contributed by atoms with van der Waals surface area (Å²) in [5, 5.41) is 2.89. The van der Waals surface area contributed by atoms with Crippen molar-refractivity contribution in [2.24, 2.45) is 0 Å². The minimum Gasteiger partial charge on any atom is -0.494 e. The predicted octanol–water partition coefficient (Wildman–Crippen LogP) is 5.76. The lowest BCUT2D eigenvalue weighted by molar-refractivity contribution is -0.114. The van der Waals surface area contributed by atoms with E-state index in [-0.39, 0.29) is 17.4 Å². The van der Waals surface area contributed by atoms with E-state index in [4.69, 9.17) is 4.74 Å². The second-order valence-electron chi connectivity index (χ2n) is 7.90. The van der Waals surface area contributed by atoms with Crippen molar-refractivity contribution in [1.29, 1.82) is 0 Å². The largest absolute Gasteiger partial charge is 0.494 e. The van der Waals surface area contributed by atoms with Gasteiger partial charge in [0.15, 0.2) is 0 Å². The fourth-order valence-corrected chi connectivity index (χ4v) is 5.33. The number of ether oxygens (including phenoxy) is 1. The number of hydrogen-bond acceptors (Lipinski definition) is 5. The Balaban J connectivity index is 1.95. The van der Waals surface area contributed by atoms with Gasteiger partial charge in [-0.25, -0.2) is 8.42 Å². The van der Waals surface area contributed by atoms with Gasteiger partial charge in [-0.2, -0.15) is 0 Å². The van der Waals surface area contributed by atoms with Crippen LogP contribution >= 0.6 is 11.8 Å². The number of carbonyl (C=O) groups is 1. The first kappa shape index (κ1) is 25.6. The van der Waals surface area contributed by atoms with Crippen LogP contribution < -0.4 is 14.4 Å². The Hall–Kier alpha value is -2.97. The van der Waals surface area contributed by atoms with Crippen molar-refractivity contribution >= 4 is 39.1 Å². The summed E-state index contributed by atoms with van der Waals surface area (Å²) in [6.07, 6.45) is 1.93. The molecule has 3 aromatic carbocycles. The highest BCUT2D eigenvalue weighted by molar-refractivity contribution is 7.98. The molecule has 0 saturated carbocycles. The second-order valence-corrected chi connectivity index (χ2v) is 10.6. The van der Waals surface area contributed by atoms with Gasteiger partial charge < -0.3 is 10.1 Å². The average Bonchev–Trinajstić information content (AvgIpc) is 2.83. The van der Waals surface area contributed by atoms with E-state index in [2.05, 4.69) is 5.32 Å². The van der Waals surface area contributed by atoms with Crippen LogP contribution in [0.1, 0.15) is 32.3 Å². The summed E-state index contributed by atoms with van der Waals surface area (Å²) in [4.78, 5) is 14.1. The maximum atomic E-state index is 13.6. The summed E-state index contributed by atoms with van der Waals surface area (Å²) in [6.45, 7) is 6.09. The number of anilines is 2. The number of carbonyl (C=O) groups excluding carboxylic acids is 1. The maximum Gasteiger partial charge on any atom is 0.264 e. The van der Waals surface area contributed by atoms with Gasteiger partial charge in [0.2, 0.25) is 5.91 Å². The van der Waals surface area contributed by atoms with Gasteiger partial charge in [-0.1, -0.05) is 32.0 Å². The Morgan fingerprint density at radius 2 is 1.65 bits per heavy atom. The van der Waals surface area contributed by atoms with Crippen molar-refractivity contribution in [3.05, 3.63) is 78.4 Å². The normalized spacial score (nSPS) is 11.3. The van der Waals surface area contributed by atoms with Crippen LogP contribution in [-0.4, -0.2) is 33.7 Å². The van der Waals surface area contributed by atoms with Gasteiger partial charge in [-0.15, -0.1) is 11.8 Å². The molecule has 0 aliphatic carbocycles. The van der Waals surface area contributed by atoms with E-state index >= 15 is 0 Å². The molecule has 1 N–H and O–H groups in total. The number of hydrogen-bond donors (Lipinski definition) is 1. The van der Waals surface area contributed by atoms with E-state index in [9.17, 15) is 13.2 Å². The molecule has 6 nitrogen and oxygen atoms in total. The Kier molecular flexibility index (Phi) is 8.63. The zero-order chi connectivity index (χ0) is 24.7. The highest BCUT2D eigenvalue weighted by atomic mass is 32.2. The molecule has 0 atom stereocenters. The van der Waals surface area contributed by atoms with Gasteiger partial charge in [0.25, 0.3) is 10.0 Å². The number of rotatable bonds is 10. The SMILES string of the molecule is CCOc1ccc(N(CC(=O)Nc2ccccc2C(C)C)S(=O)(=O)c2ccc(SC)cc2)cc1. The third-order valence-electron chi connectivity index (χ3n) is 5.23. The van der Waals surface area contributed by atoms with Crippen LogP contribution in [0, 0.1) is 0 Å². The van der Waals surface area contributed by atoms with Crippen LogP contribution in [0.4, 0.5) is 11.4 Å². The van der Waals surface area contributed by atoms with Crippen LogP contribution in [0.5, 0.6) is 5.75 Å². The van der Waals surface area contributed by atoms with E-state index in [1.807, 2.05) is 51.3 Å². The van der Waals surface area contributed by atoms with Crippen molar-refractivity contribution in [2.45, 2.75) is 36.5 Å². The lowest BCUT2D eigenvalue weighted by Gasteiger charge is -2.25. The van der Waals surface area contributed by atoms with E-state index in [0.29, 0.717) is 23.7 Å². The number of nitrogens with one attached hydrogen (secondary N) is 1. The average molecular weight is 499 g/mol. The highest BCUT2D eigenvalue weighted by Crippen LogP contribution is 2.28. The van der Waals surface area contributed by atoms with Crippen LogP contribution in [0.15, 0.2) is 82.6 Å². The summed E-state index contributed by atoms with van der Waals surface area (Å²) < 4.78 is 33.8. The summed E-state index contributed by atoms with van der Waals surface area (Å²) in [5.74, 6) is 0.409. The molecule has 8 heteroatoms. The third kappa shape index (κ3) is 6.12. The molecule has 0 radical (unpaired) electrons. The topological polar surface area (TPSA) is 75.7 Å². The van der Waals surface area contributed by atoms with E-state index in [0.717, 1.165) is 14.8 Å². The molecule has 180 valence electrons. The van der Waals surface area contributed by atoms with Crippen molar-refractivity contribution < 1.29 is 17.9 Å². The highest BCUT2D eigenvalue weighted by Gasteiger charge is 2.27. The summed E-state index contributed by atoms with van der Waals surface area (Å²) in [5.41, 5.74) is 2.04. The Labute approximate surface area is 206 Å². The summed E-state index contributed by atoms with van der Waals surface area (Å²) in [6, 6.07) is 20.9. The van der Waals surface area contributed by atoms with Crippen molar-refractivity contribution in [1.82, 2.24) is 0 Å². The van der Waals surface area contributed by atoms with Crippen LogP contribution in [-0.2, 0) is 14.8 Å². The maximum absolute atomic E-state index is 13.6. The fourth-order valence-electron chi connectivity index (χ4n) is 3.50. The molecule has 0 unspecified atom stereocenters. The fraction of sp³-hybridized carbons (Fsp3) is 0.269. The number of benzene rings is 3. The lowest BCUT2D eigenvalue weighted by atomic mass is 10.0. The van der Waals surface area contributed by atoms with Gasteiger partial charge in [0.1, 0.15) is 12.3 Å². The van der Waals surface area contributed by atoms with Crippen molar-refractivity contribution in [2.75, 3.05) is 29.0 Å². The monoisotopic (exact) mass is 498 g/mol. The minimum atomic E-state index is -4.00. The molecule has 0 saturated heterocycles. The first-order valence-electron chi connectivity index (χ1n) is 11.0. The number of sulfonamides is 1. The molecule has 0 heterocycles. The zero-order valence-corrected chi connectivity index (χ0v) is 21.4. The van der Waals surface area contributed by atoms with E-state index in [1.54, 1.807) is 48.5 Å². The second kappa shape index (κ2) is 11.4. The number of para-hydroxylation sites is 1. The van der Waals surface area contributed by atoms with E-state index < -0.39 is 15.9 Å². The summed E-state index contributed by atoms with van der Waals surface area (Å²) >= 11 is 1.53. The quantitative estimate of drug-likeness (QED) is 0.360. The third-order valence-corrected chi connectivity index (χ3v) is 7.76. The number of thioether (sulfide) groups is 1. The van der Waals surface area contributed by atoms with Gasteiger partial charge >= 0.3 is 0 Å². The minimum absolute atomic E-state index is 0.120. The summed E-state index contributed by atoms with van der Waals surface area (Å²) in [7, 11) is -4.00. The van der Waals surface area contributed by atoms with E-state index in [1.165, 1.54) is 11.8 Å². The molecule has 34 heavy (non-hydrogen) atoms. The molecule has 0 bridgehead atoms. The first-order valence-corrected chi connectivity index (χ1v) is 13.7. The van der Waals surface area contributed by atoms with Gasteiger partial charge in [0, 0.05) is 10.6 Å². The zero-order valence-electron chi connectivity index (χ0n) is 19.8. The lowest BCUT2D eigenvalue weighted by Crippen LogP contribution is -2.38. The molecule has 0 spiro atoms. The molecule has 3 rings (SSSR count). The van der Waals surface area contributed by atoms with Gasteiger partial charge in [0.05, 0.1) is 17.2 Å². The Morgan fingerprint density at radius 3 is 2.24 bits per heavy atom. The van der Waals surface area contributed by atoms with Crippen LogP contribution in [0.25, 0.3) is 0 Å². The molecule has 0 aliphatic heterocycles. The molecule has 1 amide bonds. The Morgan fingerprint density at radius 1 is 1.00 bits per heavy atom. The van der Waals surface area contributed by atoms with Crippen LogP contribution in [0.2, 0.25) is 0 Å². The van der Waals surface area contributed by atoms with Crippen molar-refractivity contribution in [3.8, 4) is 5.75 Å². The van der Waals surface area contributed by atoms with Gasteiger partial charge in [-0.3, -0.25) is 9.10 Å². The molecule has 3 aromatic rings. The number of nitrogens with zero attached hydrogens (tertiary/aromatic N) is 1. The first-order chi connectivity index (χ1) is 16.3. The predicted molar refractivity (Wildman–Crippen MR) is 140 cm³/mol. The van der Waals surface area contributed by atoms with Crippen molar-refractivity contribution in [3.63, 3.8) is 0 Å². The standard InChI is InChI=1S/C26H30N2O4S2/c1-5-32-21-12-10-20(11-13-21)28(34(30,31)23-16-14-22(33-4)15-17-23)18-26(29)27-25-9-7-6-8-24(25)19(2)3/h6-17,19H,5,18H2,1-4H3,(H,27,29). The molecular weight excluding hydrogens is 468 g/mol. The Bertz CT molecular complexity index is 1210. The molecular formula is C26H30N2O4S2. The number of amides is 1. The molecule has 0 aromatic heterocycles. The smallest absolute Gasteiger partial charge is 0.264 e. The molecule has 0 fully saturated rings. The van der Waals surface area contributed by atoms with Gasteiger partial charge in [-0.05, 0) is 79.3 Å². The molecule has 0 aliphatic rings. The van der Waals surface area contributed by atoms with Crippen LogP contribution in [0.3, 0.4) is 0 Å².